The van der Waals surface area contributed by atoms with Crippen LogP contribution in [0.4, 0.5) is 0 Å². The van der Waals surface area contributed by atoms with Gasteiger partial charge in [0.2, 0.25) is 0 Å². The summed E-state index contributed by atoms with van der Waals surface area (Å²) in [7, 11) is 0. The van der Waals surface area contributed by atoms with Crippen LogP contribution in [0.3, 0.4) is 0 Å². The Hall–Kier alpha value is -0.820. The monoisotopic (exact) mass is 246 g/mol. The van der Waals surface area contributed by atoms with Crippen LogP contribution in [0.1, 0.15) is 52.0 Å². The molecule has 0 N–H and O–H groups in total. The van der Waals surface area contributed by atoms with Crippen molar-refractivity contribution in [3.05, 3.63) is 35.9 Å². The third-order valence-corrected chi connectivity index (χ3v) is 4.09. The molecule has 0 aromatic heterocycles. The van der Waals surface area contributed by atoms with E-state index >= 15 is 0 Å². The molecule has 1 aromatic carbocycles. The minimum Gasteiger partial charge on any atom is -0.367 e. The molecule has 0 radical (unpaired) electrons. The van der Waals surface area contributed by atoms with E-state index in [9.17, 15) is 0 Å². The number of benzene rings is 1. The SMILES string of the molecule is CC(CCCc1ccccc1)CCC1OC1(C)C. The Morgan fingerprint density at radius 2 is 1.83 bits per heavy atom. The number of rotatable bonds is 7. The Morgan fingerprint density at radius 3 is 2.44 bits per heavy atom. The molecule has 1 heterocycles. The van der Waals surface area contributed by atoms with Gasteiger partial charge in [-0.1, -0.05) is 43.7 Å². The minimum absolute atomic E-state index is 0.170. The number of hydrogen-bond acceptors (Lipinski definition) is 1. The lowest BCUT2D eigenvalue weighted by atomic mass is 9.94. The fourth-order valence-electron chi connectivity index (χ4n) is 2.62. The normalized spacial score (nSPS) is 22.7. The Kier molecular flexibility index (Phi) is 4.45. The van der Waals surface area contributed by atoms with Gasteiger partial charge in [-0.3, -0.25) is 0 Å². The summed E-state index contributed by atoms with van der Waals surface area (Å²) in [5.74, 6) is 0.828. The van der Waals surface area contributed by atoms with Crippen LogP contribution in [0.15, 0.2) is 30.3 Å². The second-order valence-corrected chi connectivity index (χ2v) is 6.27. The Balaban J connectivity index is 1.56. The summed E-state index contributed by atoms with van der Waals surface area (Å²) in [6.07, 6.45) is 6.93. The molecule has 1 aromatic rings. The molecule has 1 heteroatoms. The maximum atomic E-state index is 5.63. The molecule has 1 aliphatic heterocycles. The number of aryl methyl sites for hydroxylation is 1. The molecule has 2 rings (SSSR count). The largest absolute Gasteiger partial charge is 0.367 e. The molecule has 1 nitrogen and oxygen atoms in total. The van der Waals surface area contributed by atoms with Gasteiger partial charge in [0.1, 0.15) is 0 Å². The van der Waals surface area contributed by atoms with Crippen molar-refractivity contribution in [1.82, 2.24) is 0 Å². The van der Waals surface area contributed by atoms with Crippen LogP contribution in [0, 0.1) is 5.92 Å². The van der Waals surface area contributed by atoms with Gasteiger partial charge in [-0.05, 0) is 51.0 Å². The van der Waals surface area contributed by atoms with Gasteiger partial charge in [-0.15, -0.1) is 0 Å². The van der Waals surface area contributed by atoms with E-state index < -0.39 is 0 Å². The van der Waals surface area contributed by atoms with Crippen LogP contribution >= 0.6 is 0 Å². The lowest BCUT2D eigenvalue weighted by Gasteiger charge is -2.10. The summed E-state index contributed by atoms with van der Waals surface area (Å²) in [5, 5.41) is 0. The highest BCUT2D eigenvalue weighted by atomic mass is 16.6. The first kappa shape index (κ1) is 13.6. The van der Waals surface area contributed by atoms with Crippen molar-refractivity contribution in [2.75, 3.05) is 0 Å². The van der Waals surface area contributed by atoms with Gasteiger partial charge in [-0.2, -0.15) is 0 Å². The molecule has 1 aliphatic rings. The number of epoxide rings is 1. The maximum absolute atomic E-state index is 5.63. The zero-order valence-electron chi connectivity index (χ0n) is 12.0. The zero-order chi connectivity index (χ0) is 13.0. The standard InChI is InChI=1S/C17H26O/c1-14(12-13-16-17(2,3)18-16)8-7-11-15-9-5-4-6-10-15/h4-6,9-10,14,16H,7-8,11-13H2,1-3H3. The van der Waals surface area contributed by atoms with Crippen LogP contribution in [0.5, 0.6) is 0 Å². The van der Waals surface area contributed by atoms with E-state index in [4.69, 9.17) is 4.74 Å². The minimum atomic E-state index is 0.170. The summed E-state index contributed by atoms with van der Waals surface area (Å²) in [6.45, 7) is 6.76. The van der Waals surface area contributed by atoms with Crippen LogP contribution < -0.4 is 0 Å². The van der Waals surface area contributed by atoms with Gasteiger partial charge in [0.15, 0.2) is 0 Å². The Bertz CT molecular complexity index is 355. The van der Waals surface area contributed by atoms with Crippen molar-refractivity contribution in [1.29, 1.82) is 0 Å². The van der Waals surface area contributed by atoms with Crippen LogP contribution in [0.2, 0.25) is 0 Å². The lowest BCUT2D eigenvalue weighted by molar-refractivity contribution is 0.312. The molecule has 0 bridgehead atoms. The maximum Gasteiger partial charge on any atom is 0.0892 e. The van der Waals surface area contributed by atoms with Gasteiger partial charge in [0, 0.05) is 0 Å². The summed E-state index contributed by atoms with van der Waals surface area (Å²) in [6, 6.07) is 10.8. The molecular formula is C17H26O. The molecule has 2 unspecified atom stereocenters. The third kappa shape index (κ3) is 4.13. The Labute approximate surface area is 112 Å². The van der Waals surface area contributed by atoms with Crippen LogP contribution in [0.25, 0.3) is 0 Å². The predicted molar refractivity (Wildman–Crippen MR) is 76.7 cm³/mol. The first-order chi connectivity index (χ1) is 8.58. The smallest absolute Gasteiger partial charge is 0.0892 e. The van der Waals surface area contributed by atoms with Crippen LogP contribution in [-0.4, -0.2) is 11.7 Å². The second-order valence-electron chi connectivity index (χ2n) is 6.27. The summed E-state index contributed by atoms with van der Waals surface area (Å²) < 4.78 is 5.63. The van der Waals surface area contributed by atoms with E-state index in [2.05, 4.69) is 51.1 Å². The Morgan fingerprint density at radius 1 is 1.17 bits per heavy atom. The van der Waals surface area contributed by atoms with E-state index in [0.29, 0.717) is 6.10 Å². The molecule has 1 saturated heterocycles. The topological polar surface area (TPSA) is 12.5 Å². The molecule has 100 valence electrons. The molecular weight excluding hydrogens is 220 g/mol. The second kappa shape index (κ2) is 5.88. The van der Waals surface area contributed by atoms with E-state index in [1.54, 1.807) is 0 Å². The van der Waals surface area contributed by atoms with Crippen molar-refractivity contribution in [3.8, 4) is 0 Å². The highest BCUT2D eigenvalue weighted by Crippen LogP contribution is 2.39. The molecule has 2 atom stereocenters. The summed E-state index contributed by atoms with van der Waals surface area (Å²) in [4.78, 5) is 0. The fourth-order valence-corrected chi connectivity index (χ4v) is 2.62. The van der Waals surface area contributed by atoms with Gasteiger partial charge >= 0.3 is 0 Å². The molecule has 1 fully saturated rings. The third-order valence-electron chi connectivity index (χ3n) is 4.09. The highest BCUT2D eigenvalue weighted by molar-refractivity contribution is 5.14. The number of ether oxygens (including phenoxy) is 1. The average Bonchev–Trinajstić information content (AvgIpc) is 2.96. The fraction of sp³-hybridized carbons (Fsp3) is 0.647. The van der Waals surface area contributed by atoms with E-state index in [1.165, 1.54) is 37.7 Å². The lowest BCUT2D eigenvalue weighted by Crippen LogP contribution is -2.05. The quantitative estimate of drug-likeness (QED) is 0.640. The summed E-state index contributed by atoms with van der Waals surface area (Å²) in [5.41, 5.74) is 1.64. The first-order valence-electron chi connectivity index (χ1n) is 7.29. The first-order valence-corrected chi connectivity index (χ1v) is 7.29. The van der Waals surface area contributed by atoms with Crippen molar-refractivity contribution in [2.45, 2.75) is 64.6 Å². The van der Waals surface area contributed by atoms with Crippen LogP contribution in [-0.2, 0) is 11.2 Å². The molecule has 0 amide bonds. The van der Waals surface area contributed by atoms with Crippen molar-refractivity contribution >= 4 is 0 Å². The van der Waals surface area contributed by atoms with Gasteiger partial charge in [0.05, 0.1) is 11.7 Å². The summed E-state index contributed by atoms with van der Waals surface area (Å²) >= 11 is 0. The molecule has 0 spiro atoms. The average molecular weight is 246 g/mol. The molecule has 0 saturated carbocycles. The molecule has 0 aliphatic carbocycles. The zero-order valence-corrected chi connectivity index (χ0v) is 12.0. The van der Waals surface area contributed by atoms with E-state index in [1.807, 2.05) is 0 Å². The highest BCUT2D eigenvalue weighted by Gasteiger charge is 2.46. The number of hydrogen-bond donors (Lipinski definition) is 0. The van der Waals surface area contributed by atoms with Crippen molar-refractivity contribution in [2.24, 2.45) is 5.92 Å². The van der Waals surface area contributed by atoms with Gasteiger partial charge < -0.3 is 4.74 Å². The molecule has 18 heavy (non-hydrogen) atoms. The van der Waals surface area contributed by atoms with E-state index in [-0.39, 0.29) is 5.60 Å². The van der Waals surface area contributed by atoms with Crippen molar-refractivity contribution < 1.29 is 4.74 Å². The van der Waals surface area contributed by atoms with Gasteiger partial charge in [-0.25, -0.2) is 0 Å². The van der Waals surface area contributed by atoms with Crippen molar-refractivity contribution in [3.63, 3.8) is 0 Å². The van der Waals surface area contributed by atoms with E-state index in [0.717, 1.165) is 5.92 Å². The van der Waals surface area contributed by atoms with Gasteiger partial charge in [0.25, 0.3) is 0 Å². The predicted octanol–water partition coefficient (Wildman–Crippen LogP) is 4.60.